The van der Waals surface area contributed by atoms with Crippen molar-refractivity contribution in [1.82, 2.24) is 10.2 Å². The summed E-state index contributed by atoms with van der Waals surface area (Å²) in [7, 11) is 1.25. The topological polar surface area (TPSA) is 111 Å². The zero-order chi connectivity index (χ0) is 24.5. The van der Waals surface area contributed by atoms with Crippen molar-refractivity contribution >= 4 is 23.9 Å². The van der Waals surface area contributed by atoms with Crippen LogP contribution < -0.4 is 5.32 Å². The summed E-state index contributed by atoms with van der Waals surface area (Å²) in [6.45, 7) is 10.3. The number of carbonyl (C=O) groups is 4. The highest BCUT2D eigenvalue weighted by Crippen LogP contribution is 2.25. The van der Waals surface area contributed by atoms with Gasteiger partial charge in [0, 0.05) is 6.54 Å². The first kappa shape index (κ1) is 27.7. The smallest absolute Gasteiger partial charge is 0.408 e. The van der Waals surface area contributed by atoms with Gasteiger partial charge in [-0.15, -0.1) is 0 Å². The Morgan fingerprint density at radius 1 is 0.906 bits per heavy atom. The van der Waals surface area contributed by atoms with E-state index in [0.29, 0.717) is 6.54 Å². The minimum absolute atomic E-state index is 0.251. The minimum Gasteiger partial charge on any atom is -0.468 e. The zero-order valence-electron chi connectivity index (χ0n) is 20.6. The Hall–Kier alpha value is -2.32. The Kier molecular flexibility index (Phi) is 10.4. The van der Waals surface area contributed by atoms with Gasteiger partial charge in [0.1, 0.15) is 23.8 Å². The van der Waals surface area contributed by atoms with E-state index in [9.17, 15) is 19.2 Å². The molecular formula is C23H40N2O7. The maximum atomic E-state index is 13.4. The normalized spacial score (nSPS) is 16.0. The third kappa shape index (κ3) is 11.3. The number of ether oxygens (including phenoxy) is 3. The van der Waals surface area contributed by atoms with Crippen LogP contribution in [0.2, 0.25) is 0 Å². The van der Waals surface area contributed by atoms with Crippen molar-refractivity contribution in [2.24, 2.45) is 5.92 Å². The molecule has 0 unspecified atom stereocenters. The van der Waals surface area contributed by atoms with Gasteiger partial charge in [-0.1, -0.05) is 19.3 Å². The van der Waals surface area contributed by atoms with Crippen molar-refractivity contribution in [3.8, 4) is 0 Å². The van der Waals surface area contributed by atoms with E-state index < -0.39 is 41.2 Å². The molecule has 9 nitrogen and oxygen atoms in total. The molecule has 0 aromatic rings. The predicted molar refractivity (Wildman–Crippen MR) is 119 cm³/mol. The molecule has 0 bridgehead atoms. The lowest BCUT2D eigenvalue weighted by molar-refractivity contribution is -0.157. The average Bonchev–Trinajstić information content (AvgIpc) is 2.64. The number of methoxy groups -OCH3 is 1. The van der Waals surface area contributed by atoms with Gasteiger partial charge >= 0.3 is 18.0 Å². The Bertz CT molecular complexity index is 628. The standard InChI is InChI=1S/C23H40N2O7/c1-22(2,3)31-18(26)13-17(24-21(29)32-23(4,5)6)20(28)25(15-19(27)30-7)14-16-11-9-8-10-12-16/h16-17H,8-15H2,1-7H3,(H,24,29)/t17-/m0/s1. The molecule has 0 aromatic heterocycles. The van der Waals surface area contributed by atoms with Crippen molar-refractivity contribution in [2.45, 2.75) is 97.3 Å². The Labute approximate surface area is 191 Å². The third-order valence-corrected chi connectivity index (χ3v) is 4.84. The summed E-state index contributed by atoms with van der Waals surface area (Å²) >= 11 is 0. The van der Waals surface area contributed by atoms with Crippen LogP contribution in [0.3, 0.4) is 0 Å². The molecule has 0 aromatic carbocycles. The van der Waals surface area contributed by atoms with Gasteiger partial charge in [0.05, 0.1) is 13.5 Å². The monoisotopic (exact) mass is 456 g/mol. The van der Waals surface area contributed by atoms with E-state index in [2.05, 4.69) is 5.32 Å². The lowest BCUT2D eigenvalue weighted by atomic mass is 9.89. The second-order valence-electron chi connectivity index (χ2n) is 10.3. The predicted octanol–water partition coefficient (Wildman–Crippen LogP) is 3.19. The number of alkyl carbamates (subject to hydrolysis) is 1. The van der Waals surface area contributed by atoms with Crippen molar-refractivity contribution in [1.29, 1.82) is 0 Å². The summed E-state index contributed by atoms with van der Waals surface area (Å²) < 4.78 is 15.4. The summed E-state index contributed by atoms with van der Waals surface area (Å²) in [5.41, 5.74) is -1.53. The van der Waals surface area contributed by atoms with Crippen LogP contribution >= 0.6 is 0 Å². The molecule has 0 radical (unpaired) electrons. The Morgan fingerprint density at radius 2 is 1.47 bits per heavy atom. The third-order valence-electron chi connectivity index (χ3n) is 4.84. The summed E-state index contributed by atoms with van der Waals surface area (Å²) in [6, 6.07) is -1.23. The maximum Gasteiger partial charge on any atom is 0.408 e. The molecule has 0 spiro atoms. The molecule has 184 valence electrons. The number of hydrogen-bond acceptors (Lipinski definition) is 7. The molecule has 0 saturated heterocycles. The number of nitrogens with zero attached hydrogens (tertiary/aromatic N) is 1. The highest BCUT2D eigenvalue weighted by atomic mass is 16.6. The Morgan fingerprint density at radius 3 is 1.97 bits per heavy atom. The minimum atomic E-state index is -1.23. The molecule has 2 amide bonds. The quantitative estimate of drug-likeness (QED) is 0.441. The van der Waals surface area contributed by atoms with Gasteiger partial charge in [-0.3, -0.25) is 14.4 Å². The second kappa shape index (κ2) is 12.1. The van der Waals surface area contributed by atoms with Gasteiger partial charge in [0.25, 0.3) is 0 Å². The number of rotatable bonds is 8. The van der Waals surface area contributed by atoms with Gasteiger partial charge in [-0.25, -0.2) is 4.79 Å². The van der Waals surface area contributed by atoms with Crippen LogP contribution in [0.5, 0.6) is 0 Å². The van der Waals surface area contributed by atoms with Crippen LogP contribution in [0.15, 0.2) is 0 Å². The second-order valence-corrected chi connectivity index (χ2v) is 10.3. The van der Waals surface area contributed by atoms with Gasteiger partial charge in [0.2, 0.25) is 5.91 Å². The molecule has 32 heavy (non-hydrogen) atoms. The van der Waals surface area contributed by atoms with Crippen molar-refractivity contribution < 1.29 is 33.4 Å². The van der Waals surface area contributed by atoms with Crippen LogP contribution in [0, 0.1) is 5.92 Å². The van der Waals surface area contributed by atoms with Gasteiger partial charge < -0.3 is 24.4 Å². The van der Waals surface area contributed by atoms with E-state index in [1.54, 1.807) is 41.5 Å². The SMILES string of the molecule is COC(=O)CN(CC1CCCCC1)C(=O)[C@H](CC(=O)OC(C)(C)C)NC(=O)OC(C)(C)C. The van der Waals surface area contributed by atoms with Crippen LogP contribution in [0.4, 0.5) is 4.79 Å². The fraction of sp³-hybridized carbons (Fsp3) is 0.826. The Balaban J connectivity index is 3.06. The fourth-order valence-electron chi connectivity index (χ4n) is 3.55. The molecule has 1 atom stereocenters. The zero-order valence-corrected chi connectivity index (χ0v) is 20.6. The first-order chi connectivity index (χ1) is 14.7. The summed E-state index contributed by atoms with van der Waals surface area (Å²) in [4.78, 5) is 51.6. The number of esters is 2. The first-order valence-corrected chi connectivity index (χ1v) is 11.3. The highest BCUT2D eigenvalue weighted by molar-refractivity contribution is 5.91. The van der Waals surface area contributed by atoms with E-state index in [4.69, 9.17) is 14.2 Å². The van der Waals surface area contributed by atoms with Crippen molar-refractivity contribution in [2.75, 3.05) is 20.2 Å². The van der Waals surface area contributed by atoms with Gasteiger partial charge in [-0.2, -0.15) is 0 Å². The number of nitrogens with one attached hydrogen (secondary N) is 1. The molecule has 0 heterocycles. The molecule has 1 aliphatic rings. The molecule has 1 N–H and O–H groups in total. The molecule has 1 aliphatic carbocycles. The summed E-state index contributed by atoms with van der Waals surface area (Å²) in [5, 5.41) is 2.49. The lowest BCUT2D eigenvalue weighted by Crippen LogP contribution is -2.53. The molecule has 1 fully saturated rings. The van der Waals surface area contributed by atoms with Gasteiger partial charge in [-0.05, 0) is 60.3 Å². The van der Waals surface area contributed by atoms with E-state index >= 15 is 0 Å². The molecule has 0 aliphatic heterocycles. The largest absolute Gasteiger partial charge is 0.468 e. The first-order valence-electron chi connectivity index (χ1n) is 11.3. The van der Waals surface area contributed by atoms with E-state index in [1.165, 1.54) is 12.0 Å². The van der Waals surface area contributed by atoms with E-state index in [-0.39, 0.29) is 18.9 Å². The van der Waals surface area contributed by atoms with Crippen molar-refractivity contribution in [3.05, 3.63) is 0 Å². The molecule has 1 rings (SSSR count). The van der Waals surface area contributed by atoms with Crippen LogP contribution in [0.1, 0.15) is 80.1 Å². The summed E-state index contributed by atoms with van der Waals surface area (Å²) in [6.07, 6.45) is 4.02. The van der Waals surface area contributed by atoms with E-state index in [1.807, 2.05) is 0 Å². The van der Waals surface area contributed by atoms with Crippen LogP contribution in [-0.2, 0) is 28.6 Å². The molecule has 9 heteroatoms. The van der Waals surface area contributed by atoms with Crippen LogP contribution in [0.25, 0.3) is 0 Å². The van der Waals surface area contributed by atoms with E-state index in [0.717, 1.165) is 32.1 Å². The maximum absolute atomic E-state index is 13.4. The highest BCUT2D eigenvalue weighted by Gasteiger charge is 2.34. The van der Waals surface area contributed by atoms with Crippen molar-refractivity contribution in [3.63, 3.8) is 0 Å². The molecule has 1 saturated carbocycles. The summed E-state index contributed by atoms with van der Waals surface area (Å²) in [5.74, 6) is -1.50. The average molecular weight is 457 g/mol. The number of carbonyl (C=O) groups excluding carboxylic acids is 4. The molecular weight excluding hydrogens is 416 g/mol. The lowest BCUT2D eigenvalue weighted by Gasteiger charge is -2.32. The fourth-order valence-corrected chi connectivity index (χ4v) is 3.55. The van der Waals surface area contributed by atoms with Crippen LogP contribution in [-0.4, -0.2) is 66.3 Å². The number of amides is 2. The number of hydrogen-bond donors (Lipinski definition) is 1. The van der Waals surface area contributed by atoms with Gasteiger partial charge in [0.15, 0.2) is 0 Å².